The fourth-order valence-corrected chi connectivity index (χ4v) is 1.78. The van der Waals surface area contributed by atoms with E-state index in [-0.39, 0.29) is 25.9 Å². The van der Waals surface area contributed by atoms with Crippen molar-refractivity contribution < 1.29 is 33.4 Å². The van der Waals surface area contributed by atoms with E-state index in [9.17, 15) is 19.2 Å². The summed E-state index contributed by atoms with van der Waals surface area (Å²) in [5, 5.41) is 0. The van der Waals surface area contributed by atoms with Gasteiger partial charge in [0.15, 0.2) is 5.78 Å². The summed E-state index contributed by atoms with van der Waals surface area (Å²) < 4.78 is 13.8. The fourth-order valence-electron chi connectivity index (χ4n) is 1.78. The topological polar surface area (TPSA) is 96.0 Å². The van der Waals surface area contributed by atoms with Gasteiger partial charge in [0.2, 0.25) is 5.41 Å². The first-order valence-electron chi connectivity index (χ1n) is 6.20. The molecule has 114 valence electrons. The molecule has 1 unspecified atom stereocenters. The predicted molar refractivity (Wildman–Crippen MR) is 67.6 cm³/mol. The Morgan fingerprint density at radius 1 is 1.00 bits per heavy atom. The third-order valence-corrected chi connectivity index (χ3v) is 2.92. The van der Waals surface area contributed by atoms with E-state index in [4.69, 9.17) is 4.74 Å². The van der Waals surface area contributed by atoms with Crippen LogP contribution >= 0.6 is 0 Å². The number of rotatable bonds is 8. The monoisotopic (exact) mass is 288 g/mol. The number of methoxy groups -OCH3 is 2. The molecule has 0 aromatic carbocycles. The maximum atomic E-state index is 12.0. The summed E-state index contributed by atoms with van der Waals surface area (Å²) in [4.78, 5) is 46.7. The molecule has 0 aliphatic heterocycles. The second-order valence-electron chi connectivity index (χ2n) is 4.10. The minimum atomic E-state index is -2.02. The van der Waals surface area contributed by atoms with Crippen molar-refractivity contribution in [3.63, 3.8) is 0 Å². The zero-order valence-electron chi connectivity index (χ0n) is 12.2. The van der Waals surface area contributed by atoms with Gasteiger partial charge in [-0.1, -0.05) is 0 Å². The first-order chi connectivity index (χ1) is 9.36. The highest BCUT2D eigenvalue weighted by molar-refractivity contribution is 6.19. The molecular formula is C13H20O7. The molecule has 0 aliphatic carbocycles. The van der Waals surface area contributed by atoms with Gasteiger partial charge in [0.1, 0.15) is 0 Å². The molecule has 20 heavy (non-hydrogen) atoms. The van der Waals surface area contributed by atoms with Crippen LogP contribution in [0.4, 0.5) is 0 Å². The lowest BCUT2D eigenvalue weighted by Crippen LogP contribution is -2.47. The highest BCUT2D eigenvalue weighted by atomic mass is 16.6. The van der Waals surface area contributed by atoms with Crippen LogP contribution in [-0.2, 0) is 33.4 Å². The van der Waals surface area contributed by atoms with E-state index in [0.717, 1.165) is 14.0 Å². The number of hydrogen-bond acceptors (Lipinski definition) is 7. The van der Waals surface area contributed by atoms with Gasteiger partial charge in [-0.2, -0.15) is 0 Å². The Labute approximate surface area is 117 Å². The molecule has 0 fully saturated rings. The number of hydrogen-bond donors (Lipinski definition) is 0. The predicted octanol–water partition coefficient (Wildman–Crippen LogP) is 0.641. The smallest absolute Gasteiger partial charge is 0.331 e. The van der Waals surface area contributed by atoms with Crippen LogP contribution in [0.2, 0.25) is 0 Å². The molecule has 1 atom stereocenters. The molecule has 0 radical (unpaired) electrons. The molecule has 0 aromatic rings. The molecular weight excluding hydrogens is 268 g/mol. The summed E-state index contributed by atoms with van der Waals surface area (Å²) in [6, 6.07) is 0. The molecule has 0 aromatic heterocycles. The van der Waals surface area contributed by atoms with Crippen molar-refractivity contribution in [3.05, 3.63) is 0 Å². The molecule has 7 heteroatoms. The normalized spacial score (nSPS) is 13.0. The Morgan fingerprint density at radius 3 is 2.00 bits per heavy atom. The minimum absolute atomic E-state index is 0.0120. The lowest BCUT2D eigenvalue weighted by Gasteiger charge is -2.25. The van der Waals surface area contributed by atoms with Crippen LogP contribution in [-0.4, -0.2) is 44.5 Å². The van der Waals surface area contributed by atoms with Gasteiger partial charge in [-0.25, -0.2) is 0 Å². The Hall–Kier alpha value is -1.92. The van der Waals surface area contributed by atoms with E-state index < -0.39 is 29.1 Å². The van der Waals surface area contributed by atoms with E-state index in [0.29, 0.717) is 0 Å². The summed E-state index contributed by atoms with van der Waals surface area (Å²) in [5.41, 5.74) is -2.02. The highest BCUT2D eigenvalue weighted by Crippen LogP contribution is 2.30. The molecule has 0 N–H and O–H groups in total. The Balaban J connectivity index is 5.20. The van der Waals surface area contributed by atoms with Crippen LogP contribution in [0.1, 0.15) is 33.1 Å². The van der Waals surface area contributed by atoms with Crippen molar-refractivity contribution in [2.24, 2.45) is 5.41 Å². The fraction of sp³-hybridized carbons (Fsp3) is 0.692. The first kappa shape index (κ1) is 18.1. The molecule has 7 nitrogen and oxygen atoms in total. The molecule has 0 saturated heterocycles. The van der Waals surface area contributed by atoms with Crippen molar-refractivity contribution in [1.82, 2.24) is 0 Å². The average Bonchev–Trinajstić information content (AvgIpc) is 2.42. The highest BCUT2D eigenvalue weighted by Gasteiger charge is 2.52. The Morgan fingerprint density at radius 2 is 1.60 bits per heavy atom. The first-order valence-corrected chi connectivity index (χ1v) is 6.20. The van der Waals surface area contributed by atoms with Crippen LogP contribution in [0.15, 0.2) is 0 Å². The summed E-state index contributed by atoms with van der Waals surface area (Å²) in [7, 11) is 2.31. The summed E-state index contributed by atoms with van der Waals surface area (Å²) in [6.07, 6.45) is -0.0506. The molecule has 0 spiro atoms. The van der Waals surface area contributed by atoms with Crippen molar-refractivity contribution >= 4 is 23.7 Å². The summed E-state index contributed by atoms with van der Waals surface area (Å²) >= 11 is 0. The summed E-state index contributed by atoms with van der Waals surface area (Å²) in [6.45, 7) is 2.71. The molecule has 0 saturated carbocycles. The number of ketones is 1. The zero-order chi connectivity index (χ0) is 15.8. The maximum absolute atomic E-state index is 12.0. The van der Waals surface area contributed by atoms with Crippen LogP contribution in [0.5, 0.6) is 0 Å². The quantitative estimate of drug-likeness (QED) is 0.367. The lowest BCUT2D eigenvalue weighted by molar-refractivity contribution is -0.174. The number of ether oxygens (including phenoxy) is 3. The van der Waals surface area contributed by atoms with Gasteiger partial charge in [-0.15, -0.1) is 0 Å². The van der Waals surface area contributed by atoms with Crippen LogP contribution in [0.3, 0.4) is 0 Å². The van der Waals surface area contributed by atoms with Gasteiger partial charge in [-0.05, 0) is 26.7 Å². The number of carbonyl (C=O) groups is 4. The van der Waals surface area contributed by atoms with Crippen LogP contribution in [0.25, 0.3) is 0 Å². The van der Waals surface area contributed by atoms with Crippen molar-refractivity contribution in [3.8, 4) is 0 Å². The molecule has 0 rings (SSSR count). The number of Topliss-reactive ketones (excluding diaryl/α,β-unsaturated/α-hetero) is 1. The lowest BCUT2D eigenvalue weighted by atomic mass is 9.79. The zero-order valence-corrected chi connectivity index (χ0v) is 12.2. The molecule has 0 heterocycles. The SMILES string of the molecule is CCOC(=O)C(CCCC(=O)OC)(C(C)=O)C(=O)OC. The van der Waals surface area contributed by atoms with E-state index in [1.807, 2.05) is 0 Å². The van der Waals surface area contributed by atoms with Gasteiger partial charge in [0, 0.05) is 6.42 Å². The minimum Gasteiger partial charge on any atom is -0.469 e. The molecule has 0 aliphatic rings. The second-order valence-corrected chi connectivity index (χ2v) is 4.10. The third kappa shape index (κ3) is 4.04. The van der Waals surface area contributed by atoms with Gasteiger partial charge in [0.25, 0.3) is 0 Å². The standard InChI is InChI=1S/C13H20O7/c1-5-20-12(17)13(9(2)14,11(16)19-4)8-6-7-10(15)18-3/h5-8H2,1-4H3. The van der Waals surface area contributed by atoms with E-state index in [1.54, 1.807) is 6.92 Å². The Bertz CT molecular complexity index is 388. The molecule has 0 bridgehead atoms. The van der Waals surface area contributed by atoms with Gasteiger partial charge < -0.3 is 14.2 Å². The van der Waals surface area contributed by atoms with E-state index in [1.165, 1.54) is 7.11 Å². The summed E-state index contributed by atoms with van der Waals surface area (Å²) in [5.74, 6) is -3.10. The van der Waals surface area contributed by atoms with E-state index >= 15 is 0 Å². The molecule has 0 amide bonds. The van der Waals surface area contributed by atoms with E-state index in [2.05, 4.69) is 9.47 Å². The average molecular weight is 288 g/mol. The third-order valence-electron chi connectivity index (χ3n) is 2.92. The van der Waals surface area contributed by atoms with Gasteiger partial charge in [0.05, 0.1) is 20.8 Å². The van der Waals surface area contributed by atoms with Gasteiger partial charge in [-0.3, -0.25) is 19.2 Å². The maximum Gasteiger partial charge on any atom is 0.331 e. The van der Waals surface area contributed by atoms with Crippen molar-refractivity contribution in [2.75, 3.05) is 20.8 Å². The van der Waals surface area contributed by atoms with Crippen molar-refractivity contribution in [1.29, 1.82) is 0 Å². The second kappa shape index (κ2) is 8.29. The Kier molecular flexibility index (Phi) is 7.49. The van der Waals surface area contributed by atoms with Crippen LogP contribution in [0, 0.1) is 5.41 Å². The number of carbonyl (C=O) groups excluding carboxylic acids is 4. The van der Waals surface area contributed by atoms with Gasteiger partial charge >= 0.3 is 17.9 Å². The van der Waals surface area contributed by atoms with Crippen LogP contribution < -0.4 is 0 Å². The number of esters is 3. The largest absolute Gasteiger partial charge is 0.469 e. The van der Waals surface area contributed by atoms with Crippen molar-refractivity contribution in [2.45, 2.75) is 33.1 Å².